The molecule has 1 heterocycles. The fraction of sp³-hybridized carbons (Fsp3) is 0.615. The van der Waals surface area contributed by atoms with Crippen molar-refractivity contribution in [2.24, 2.45) is 5.73 Å². The second-order valence-corrected chi connectivity index (χ2v) is 5.52. The molecule has 0 fully saturated rings. The Morgan fingerprint density at radius 1 is 1.41 bits per heavy atom. The summed E-state index contributed by atoms with van der Waals surface area (Å²) >= 11 is 1.90. The van der Waals surface area contributed by atoms with Gasteiger partial charge in [-0.2, -0.15) is 11.8 Å². The molecular weight excluding hydrogens is 232 g/mol. The first-order chi connectivity index (χ1) is 8.17. The maximum absolute atomic E-state index is 6.15. The molecule has 0 spiro atoms. The summed E-state index contributed by atoms with van der Waals surface area (Å²) in [6, 6.07) is 2.01. The molecule has 0 bridgehead atoms. The molecule has 0 amide bonds. The van der Waals surface area contributed by atoms with Gasteiger partial charge < -0.3 is 10.5 Å². The number of nitrogens with zero attached hydrogens (tertiary/aromatic N) is 1. The van der Waals surface area contributed by atoms with Crippen molar-refractivity contribution in [3.05, 3.63) is 24.0 Å². The molecule has 4 heteroatoms. The molecular formula is C13H22N2OS. The van der Waals surface area contributed by atoms with E-state index in [1.54, 1.807) is 6.20 Å². The Kier molecular flexibility index (Phi) is 6.37. The van der Waals surface area contributed by atoms with Gasteiger partial charge in [0, 0.05) is 23.2 Å². The smallest absolute Gasteiger partial charge is 0.137 e. The van der Waals surface area contributed by atoms with Gasteiger partial charge in [-0.25, -0.2) is 0 Å². The Hall–Kier alpha value is -0.740. The molecule has 0 aliphatic rings. The molecule has 3 nitrogen and oxygen atoms in total. The van der Waals surface area contributed by atoms with E-state index in [4.69, 9.17) is 10.5 Å². The standard InChI is InChI=1S/C13H22N2OS/c1-4-10(3)17-9-13(14)11-6-12(16-5-2)8-15-7-11/h6-8,10,13H,4-5,9,14H2,1-3H3. The molecule has 0 aliphatic heterocycles. The van der Waals surface area contributed by atoms with Gasteiger partial charge in [-0.05, 0) is 25.0 Å². The van der Waals surface area contributed by atoms with Crippen LogP contribution < -0.4 is 10.5 Å². The molecule has 2 atom stereocenters. The van der Waals surface area contributed by atoms with Gasteiger partial charge in [-0.3, -0.25) is 4.98 Å². The summed E-state index contributed by atoms with van der Waals surface area (Å²) < 4.78 is 5.42. The maximum Gasteiger partial charge on any atom is 0.137 e. The van der Waals surface area contributed by atoms with Crippen molar-refractivity contribution in [3.63, 3.8) is 0 Å². The molecule has 0 aromatic carbocycles. The molecule has 1 rings (SSSR count). The lowest BCUT2D eigenvalue weighted by Crippen LogP contribution is -2.15. The van der Waals surface area contributed by atoms with E-state index >= 15 is 0 Å². The lowest BCUT2D eigenvalue weighted by molar-refractivity contribution is 0.338. The quantitative estimate of drug-likeness (QED) is 0.812. The minimum Gasteiger partial charge on any atom is -0.492 e. The lowest BCUT2D eigenvalue weighted by atomic mass is 10.1. The van der Waals surface area contributed by atoms with Crippen LogP contribution >= 0.6 is 11.8 Å². The second kappa shape index (κ2) is 7.56. The first kappa shape index (κ1) is 14.3. The zero-order chi connectivity index (χ0) is 12.7. The lowest BCUT2D eigenvalue weighted by Gasteiger charge is -2.15. The second-order valence-electron chi connectivity index (χ2n) is 4.05. The van der Waals surface area contributed by atoms with Gasteiger partial charge in [-0.1, -0.05) is 13.8 Å². The monoisotopic (exact) mass is 254 g/mol. The summed E-state index contributed by atoms with van der Waals surface area (Å²) in [5, 5.41) is 0.657. The van der Waals surface area contributed by atoms with E-state index in [0.29, 0.717) is 11.9 Å². The molecule has 2 unspecified atom stereocenters. The third-order valence-electron chi connectivity index (χ3n) is 2.61. The third-order valence-corrected chi connectivity index (χ3v) is 4.06. The first-order valence-electron chi connectivity index (χ1n) is 6.12. The number of thioether (sulfide) groups is 1. The average Bonchev–Trinajstić information content (AvgIpc) is 2.36. The van der Waals surface area contributed by atoms with Crippen molar-refractivity contribution in [1.82, 2.24) is 4.98 Å². The molecule has 96 valence electrons. The van der Waals surface area contributed by atoms with Crippen LogP contribution in [0.15, 0.2) is 18.5 Å². The van der Waals surface area contributed by atoms with E-state index in [-0.39, 0.29) is 6.04 Å². The fourth-order valence-electron chi connectivity index (χ4n) is 1.37. The molecule has 17 heavy (non-hydrogen) atoms. The predicted octanol–water partition coefficient (Wildman–Crippen LogP) is 3.01. The van der Waals surface area contributed by atoms with Crippen LogP contribution in [0.4, 0.5) is 0 Å². The molecule has 0 radical (unpaired) electrons. The van der Waals surface area contributed by atoms with Gasteiger partial charge >= 0.3 is 0 Å². The molecule has 0 saturated carbocycles. The molecule has 1 aromatic rings. The first-order valence-corrected chi connectivity index (χ1v) is 7.17. The van der Waals surface area contributed by atoms with Crippen molar-refractivity contribution in [2.45, 2.75) is 38.5 Å². The Morgan fingerprint density at radius 2 is 2.18 bits per heavy atom. The van der Waals surface area contributed by atoms with Crippen molar-refractivity contribution in [1.29, 1.82) is 0 Å². The molecule has 2 N–H and O–H groups in total. The van der Waals surface area contributed by atoms with Crippen LogP contribution in [0.3, 0.4) is 0 Å². The van der Waals surface area contributed by atoms with Gasteiger partial charge in [-0.15, -0.1) is 0 Å². The minimum atomic E-state index is 0.0295. The Bertz CT molecular complexity index is 333. The summed E-state index contributed by atoms with van der Waals surface area (Å²) in [6.45, 7) is 7.04. The van der Waals surface area contributed by atoms with Crippen molar-refractivity contribution in [3.8, 4) is 5.75 Å². The summed E-state index contributed by atoms with van der Waals surface area (Å²) in [5.74, 6) is 1.72. The normalized spacial score (nSPS) is 14.4. The fourth-order valence-corrected chi connectivity index (χ4v) is 2.33. The average molecular weight is 254 g/mol. The zero-order valence-corrected chi connectivity index (χ0v) is 11.7. The SMILES string of the molecule is CCOc1cncc(C(N)CSC(C)CC)c1. The number of ether oxygens (including phenoxy) is 1. The molecule has 1 aromatic heterocycles. The topological polar surface area (TPSA) is 48.1 Å². The predicted molar refractivity (Wildman–Crippen MR) is 74.5 cm³/mol. The van der Waals surface area contributed by atoms with Gasteiger partial charge in [0.1, 0.15) is 5.75 Å². The van der Waals surface area contributed by atoms with E-state index < -0.39 is 0 Å². The van der Waals surface area contributed by atoms with E-state index in [0.717, 1.165) is 17.1 Å². The Morgan fingerprint density at radius 3 is 2.82 bits per heavy atom. The number of aromatic nitrogens is 1. The van der Waals surface area contributed by atoms with Crippen molar-refractivity contribution >= 4 is 11.8 Å². The van der Waals surface area contributed by atoms with Gasteiger partial charge in [0.2, 0.25) is 0 Å². The van der Waals surface area contributed by atoms with E-state index in [1.807, 2.05) is 30.9 Å². The van der Waals surface area contributed by atoms with Crippen LogP contribution in [-0.2, 0) is 0 Å². The third kappa shape index (κ3) is 4.96. The van der Waals surface area contributed by atoms with Gasteiger partial charge in [0.15, 0.2) is 0 Å². The van der Waals surface area contributed by atoms with Crippen molar-refractivity contribution in [2.75, 3.05) is 12.4 Å². The summed E-state index contributed by atoms with van der Waals surface area (Å²) in [6.07, 6.45) is 4.72. The highest BCUT2D eigenvalue weighted by Crippen LogP contribution is 2.22. The number of nitrogens with two attached hydrogens (primary N) is 1. The van der Waals surface area contributed by atoms with Crippen LogP contribution in [0.1, 0.15) is 38.8 Å². The highest BCUT2D eigenvalue weighted by atomic mass is 32.2. The maximum atomic E-state index is 6.15. The number of hydrogen-bond donors (Lipinski definition) is 1. The Balaban J connectivity index is 2.55. The summed E-state index contributed by atoms with van der Waals surface area (Å²) in [7, 11) is 0. The van der Waals surface area contributed by atoms with Crippen LogP contribution in [-0.4, -0.2) is 22.6 Å². The summed E-state index contributed by atoms with van der Waals surface area (Å²) in [5.41, 5.74) is 7.19. The van der Waals surface area contributed by atoms with Crippen LogP contribution in [0.2, 0.25) is 0 Å². The van der Waals surface area contributed by atoms with Gasteiger partial charge in [0.25, 0.3) is 0 Å². The minimum absolute atomic E-state index is 0.0295. The van der Waals surface area contributed by atoms with Crippen LogP contribution in [0.5, 0.6) is 5.75 Å². The zero-order valence-electron chi connectivity index (χ0n) is 10.8. The van der Waals surface area contributed by atoms with E-state index in [2.05, 4.69) is 18.8 Å². The number of hydrogen-bond acceptors (Lipinski definition) is 4. The van der Waals surface area contributed by atoms with Crippen LogP contribution in [0, 0.1) is 0 Å². The Labute approximate surface area is 108 Å². The molecule has 0 aliphatic carbocycles. The number of rotatable bonds is 7. The number of pyridine rings is 1. The van der Waals surface area contributed by atoms with E-state index in [1.165, 1.54) is 6.42 Å². The largest absolute Gasteiger partial charge is 0.492 e. The highest BCUT2D eigenvalue weighted by Gasteiger charge is 2.09. The van der Waals surface area contributed by atoms with Crippen LogP contribution in [0.25, 0.3) is 0 Å². The highest BCUT2D eigenvalue weighted by molar-refractivity contribution is 7.99. The van der Waals surface area contributed by atoms with Crippen molar-refractivity contribution < 1.29 is 4.74 Å². The van der Waals surface area contributed by atoms with E-state index in [9.17, 15) is 0 Å². The van der Waals surface area contributed by atoms with Gasteiger partial charge in [0.05, 0.1) is 12.8 Å². The summed E-state index contributed by atoms with van der Waals surface area (Å²) in [4.78, 5) is 4.16. The molecule has 0 saturated heterocycles.